The largest absolute Gasteiger partial charge is 0.340 e. The first-order valence-corrected chi connectivity index (χ1v) is 5.87. The van der Waals surface area contributed by atoms with Crippen LogP contribution in [0.1, 0.15) is 13.3 Å². The molecule has 0 saturated carbocycles. The Morgan fingerprint density at radius 3 is 2.33 bits per heavy atom. The number of carbonyl (C=O) groups excluding carboxylic acids is 1. The summed E-state index contributed by atoms with van der Waals surface area (Å²) in [5.74, 6) is 0.0369. The number of hydrogen-bond acceptors (Lipinski definition) is 3. The third-order valence-electron chi connectivity index (χ3n) is 2.11. The normalized spacial score (nSPS) is 19.0. The topological polar surface area (TPSA) is 54.5 Å². The molecular weight excluding hydrogens is 178 g/mol. The van der Waals surface area contributed by atoms with Gasteiger partial charge in [0.2, 0.25) is 5.91 Å². The molecule has 4 nitrogen and oxygen atoms in total. The molecule has 0 unspecified atom stereocenters. The van der Waals surface area contributed by atoms with Crippen molar-refractivity contribution in [1.29, 1.82) is 0 Å². The molecular formula is C7H13NO3S. The summed E-state index contributed by atoms with van der Waals surface area (Å²) in [5, 5.41) is -0.326. The van der Waals surface area contributed by atoms with Crippen LogP contribution in [0.2, 0.25) is 0 Å². The fraction of sp³-hybridized carbons (Fsp3) is 0.857. The molecule has 0 N–H and O–H groups in total. The van der Waals surface area contributed by atoms with E-state index in [0.29, 0.717) is 19.5 Å². The minimum absolute atomic E-state index is 0.0369. The number of likely N-dealkylation sites (tertiary alicyclic amines) is 1. The van der Waals surface area contributed by atoms with Crippen LogP contribution in [-0.2, 0) is 14.6 Å². The minimum atomic E-state index is -2.93. The van der Waals surface area contributed by atoms with Gasteiger partial charge in [0, 0.05) is 25.8 Å². The van der Waals surface area contributed by atoms with Gasteiger partial charge in [-0.3, -0.25) is 4.79 Å². The van der Waals surface area contributed by atoms with E-state index in [-0.39, 0.29) is 11.2 Å². The van der Waals surface area contributed by atoms with Crippen molar-refractivity contribution in [2.24, 2.45) is 0 Å². The van der Waals surface area contributed by atoms with Crippen molar-refractivity contribution in [3.63, 3.8) is 0 Å². The molecule has 1 aliphatic rings. The molecule has 0 bridgehead atoms. The highest BCUT2D eigenvalue weighted by Crippen LogP contribution is 2.15. The highest BCUT2D eigenvalue weighted by atomic mass is 32.2. The number of amides is 1. The van der Waals surface area contributed by atoms with Gasteiger partial charge in [-0.05, 0) is 0 Å². The van der Waals surface area contributed by atoms with Crippen LogP contribution in [0.15, 0.2) is 0 Å². The number of rotatable bonds is 2. The molecule has 1 heterocycles. The van der Waals surface area contributed by atoms with Gasteiger partial charge in [-0.2, -0.15) is 0 Å². The van der Waals surface area contributed by atoms with E-state index >= 15 is 0 Å². The Balaban J connectivity index is 2.44. The maximum Gasteiger partial charge on any atom is 0.222 e. The zero-order valence-corrected chi connectivity index (χ0v) is 8.10. The number of nitrogens with zero attached hydrogens (tertiary/aromatic N) is 1. The smallest absolute Gasteiger partial charge is 0.222 e. The zero-order chi connectivity index (χ0) is 9.35. The van der Waals surface area contributed by atoms with Crippen LogP contribution in [0, 0.1) is 0 Å². The monoisotopic (exact) mass is 191 g/mol. The van der Waals surface area contributed by atoms with E-state index in [1.807, 2.05) is 0 Å². The third kappa shape index (κ3) is 1.77. The summed E-state index contributed by atoms with van der Waals surface area (Å²) in [6, 6.07) is 0. The Labute approximate surface area is 72.5 Å². The Hall–Kier alpha value is -0.580. The lowest BCUT2D eigenvalue weighted by molar-refractivity contribution is -0.133. The van der Waals surface area contributed by atoms with Crippen molar-refractivity contribution >= 4 is 15.7 Å². The quantitative estimate of drug-likeness (QED) is 0.599. The predicted octanol–water partition coefficient (Wildman–Crippen LogP) is -0.348. The molecule has 0 aromatic carbocycles. The van der Waals surface area contributed by atoms with Crippen molar-refractivity contribution in [1.82, 2.24) is 4.90 Å². The van der Waals surface area contributed by atoms with E-state index in [1.165, 1.54) is 6.26 Å². The summed E-state index contributed by atoms with van der Waals surface area (Å²) < 4.78 is 21.9. The molecule has 1 aliphatic heterocycles. The fourth-order valence-corrected chi connectivity index (χ4v) is 2.04. The van der Waals surface area contributed by atoms with E-state index in [2.05, 4.69) is 0 Å². The van der Waals surface area contributed by atoms with Crippen molar-refractivity contribution in [2.75, 3.05) is 19.3 Å². The van der Waals surface area contributed by atoms with Gasteiger partial charge in [-0.25, -0.2) is 8.42 Å². The Morgan fingerprint density at radius 2 is 2.00 bits per heavy atom. The molecule has 1 amide bonds. The third-order valence-corrected chi connectivity index (χ3v) is 3.62. The first kappa shape index (κ1) is 9.51. The van der Waals surface area contributed by atoms with Crippen molar-refractivity contribution < 1.29 is 13.2 Å². The SMILES string of the molecule is CCC(=O)N1CC(S(C)(=O)=O)C1. The second kappa shape index (κ2) is 3.05. The fourth-order valence-electron chi connectivity index (χ4n) is 1.14. The van der Waals surface area contributed by atoms with Crippen LogP contribution in [-0.4, -0.2) is 43.8 Å². The van der Waals surface area contributed by atoms with Crippen LogP contribution in [0.5, 0.6) is 0 Å². The summed E-state index contributed by atoms with van der Waals surface area (Å²) >= 11 is 0. The van der Waals surface area contributed by atoms with Gasteiger partial charge in [0.05, 0.1) is 5.25 Å². The summed E-state index contributed by atoms with van der Waals surface area (Å²) in [6.45, 7) is 2.53. The second-order valence-electron chi connectivity index (χ2n) is 3.10. The average molecular weight is 191 g/mol. The maximum atomic E-state index is 11.0. The molecule has 5 heteroatoms. The van der Waals surface area contributed by atoms with Gasteiger partial charge in [0.15, 0.2) is 9.84 Å². The van der Waals surface area contributed by atoms with Crippen molar-refractivity contribution in [3.8, 4) is 0 Å². The molecule has 70 valence electrons. The second-order valence-corrected chi connectivity index (χ2v) is 5.43. The van der Waals surface area contributed by atoms with E-state index in [4.69, 9.17) is 0 Å². The molecule has 0 atom stereocenters. The van der Waals surface area contributed by atoms with Crippen molar-refractivity contribution in [2.45, 2.75) is 18.6 Å². The highest BCUT2D eigenvalue weighted by Gasteiger charge is 2.36. The van der Waals surface area contributed by atoms with Crippen LogP contribution in [0.3, 0.4) is 0 Å². The molecule has 1 rings (SSSR count). The first-order valence-electron chi connectivity index (χ1n) is 3.91. The minimum Gasteiger partial charge on any atom is -0.340 e. The van der Waals surface area contributed by atoms with Crippen molar-refractivity contribution in [3.05, 3.63) is 0 Å². The van der Waals surface area contributed by atoms with E-state index in [1.54, 1.807) is 11.8 Å². The lowest BCUT2D eigenvalue weighted by Crippen LogP contribution is -2.56. The summed E-state index contributed by atoms with van der Waals surface area (Å²) in [5.41, 5.74) is 0. The van der Waals surface area contributed by atoms with E-state index in [0.717, 1.165) is 0 Å². The van der Waals surface area contributed by atoms with Crippen LogP contribution < -0.4 is 0 Å². The molecule has 12 heavy (non-hydrogen) atoms. The first-order chi connectivity index (χ1) is 5.45. The molecule has 0 radical (unpaired) electrons. The Morgan fingerprint density at radius 1 is 1.50 bits per heavy atom. The van der Waals surface area contributed by atoms with Gasteiger partial charge in [-0.1, -0.05) is 6.92 Å². The highest BCUT2D eigenvalue weighted by molar-refractivity contribution is 7.91. The Bertz CT molecular complexity index is 277. The van der Waals surface area contributed by atoms with Crippen LogP contribution >= 0.6 is 0 Å². The molecule has 1 fully saturated rings. The van der Waals surface area contributed by atoms with Gasteiger partial charge in [0.25, 0.3) is 0 Å². The maximum absolute atomic E-state index is 11.0. The summed E-state index contributed by atoms with van der Waals surface area (Å²) in [6.07, 6.45) is 1.67. The summed E-state index contributed by atoms with van der Waals surface area (Å²) in [4.78, 5) is 12.6. The van der Waals surface area contributed by atoms with E-state index in [9.17, 15) is 13.2 Å². The molecule has 1 saturated heterocycles. The van der Waals surface area contributed by atoms with Gasteiger partial charge < -0.3 is 4.90 Å². The number of hydrogen-bond donors (Lipinski definition) is 0. The summed E-state index contributed by atoms with van der Waals surface area (Å²) in [7, 11) is -2.93. The standard InChI is InChI=1S/C7H13NO3S/c1-3-7(9)8-4-6(5-8)12(2,10)11/h6H,3-5H2,1-2H3. The zero-order valence-electron chi connectivity index (χ0n) is 7.28. The lowest BCUT2D eigenvalue weighted by atomic mass is 10.2. The molecule has 0 aromatic rings. The van der Waals surface area contributed by atoms with Gasteiger partial charge >= 0.3 is 0 Å². The predicted molar refractivity (Wildman–Crippen MR) is 45.5 cm³/mol. The average Bonchev–Trinajstić information content (AvgIpc) is 1.80. The van der Waals surface area contributed by atoms with Crippen LogP contribution in [0.25, 0.3) is 0 Å². The Kier molecular flexibility index (Phi) is 2.41. The van der Waals surface area contributed by atoms with E-state index < -0.39 is 9.84 Å². The number of carbonyl (C=O) groups is 1. The van der Waals surface area contributed by atoms with Crippen LogP contribution in [0.4, 0.5) is 0 Å². The van der Waals surface area contributed by atoms with Gasteiger partial charge in [0.1, 0.15) is 0 Å². The molecule has 0 spiro atoms. The molecule has 0 aliphatic carbocycles. The number of sulfone groups is 1. The lowest BCUT2D eigenvalue weighted by Gasteiger charge is -2.37. The molecule has 0 aromatic heterocycles. The van der Waals surface area contributed by atoms with Gasteiger partial charge in [-0.15, -0.1) is 0 Å².